The number of ether oxygens (including phenoxy) is 7. The zero-order valence-corrected chi connectivity index (χ0v) is 38.7. The molecule has 5 rings (SSSR count). The summed E-state index contributed by atoms with van der Waals surface area (Å²) in [5.74, 6) is -4.51. The van der Waals surface area contributed by atoms with Crippen LogP contribution in [0.4, 0.5) is 4.79 Å². The first-order valence-corrected chi connectivity index (χ1v) is 22.4. The molecule has 0 aromatic heterocycles. The summed E-state index contributed by atoms with van der Waals surface area (Å²) in [5.41, 5.74) is 3.86. The SMILES string of the molecule is CC(=O)OC[C@H]1O[C@@H](OCCCNC(=O)[C@H](CCCCNC(C)C2C(=O)CC(C)(C)CC2=O)NC(=O)OCC2c3ccccc3-c3ccccc32)[C@H](OC(C)=O)[C@@H](OC(C)=O)[C@H]1OC(C)=O. The molecule has 0 spiro atoms. The van der Waals surface area contributed by atoms with E-state index in [1.165, 1.54) is 6.92 Å². The number of carbonyl (C=O) groups is 8. The lowest BCUT2D eigenvalue weighted by Crippen LogP contribution is -2.63. The van der Waals surface area contributed by atoms with Crippen LogP contribution in [0, 0.1) is 11.3 Å². The number of esters is 4. The molecular formula is C48H63N3O15. The number of alkyl carbamates (subject to hydrolysis) is 1. The van der Waals surface area contributed by atoms with Crippen molar-refractivity contribution in [3.63, 3.8) is 0 Å². The number of amides is 2. The van der Waals surface area contributed by atoms with Crippen molar-refractivity contribution in [1.29, 1.82) is 0 Å². The van der Waals surface area contributed by atoms with Gasteiger partial charge in [0.2, 0.25) is 5.91 Å². The number of Topliss-reactive ketones (excluding diaryl/α,β-unsaturated/α-hetero) is 2. The number of rotatable bonds is 21. The van der Waals surface area contributed by atoms with Crippen LogP contribution in [0.25, 0.3) is 11.1 Å². The van der Waals surface area contributed by atoms with Crippen molar-refractivity contribution >= 4 is 47.4 Å². The Labute approximate surface area is 384 Å². The Balaban J connectivity index is 1.20. The number of benzene rings is 2. The van der Waals surface area contributed by atoms with Gasteiger partial charge >= 0.3 is 30.0 Å². The molecule has 18 heteroatoms. The molecule has 2 fully saturated rings. The van der Waals surface area contributed by atoms with Gasteiger partial charge in [0.15, 0.2) is 24.6 Å². The summed E-state index contributed by atoms with van der Waals surface area (Å²) in [7, 11) is 0. The number of ketones is 2. The van der Waals surface area contributed by atoms with Gasteiger partial charge in [-0.25, -0.2) is 4.79 Å². The Hall–Kier alpha value is -5.72. The summed E-state index contributed by atoms with van der Waals surface area (Å²) in [6, 6.07) is 14.5. The molecule has 1 heterocycles. The highest BCUT2D eigenvalue weighted by atomic mass is 16.7. The summed E-state index contributed by atoms with van der Waals surface area (Å²) in [5, 5.41) is 8.87. The highest BCUT2D eigenvalue weighted by Crippen LogP contribution is 2.44. The minimum atomic E-state index is -1.40. The molecule has 18 nitrogen and oxygen atoms in total. The van der Waals surface area contributed by atoms with E-state index in [9.17, 15) is 38.4 Å². The van der Waals surface area contributed by atoms with Gasteiger partial charge in [0.05, 0.1) is 12.5 Å². The maximum Gasteiger partial charge on any atom is 0.407 e. The fraction of sp³-hybridized carbons (Fsp3) is 0.583. The molecule has 3 N–H and O–H groups in total. The summed E-state index contributed by atoms with van der Waals surface area (Å²) in [6.45, 7) is 10.2. The molecule has 3 aliphatic rings. The Morgan fingerprint density at radius 3 is 1.88 bits per heavy atom. The van der Waals surface area contributed by atoms with Crippen molar-refractivity contribution in [3.05, 3.63) is 59.7 Å². The minimum Gasteiger partial charge on any atom is -0.463 e. The lowest BCUT2D eigenvalue weighted by molar-refractivity contribution is -0.308. The lowest BCUT2D eigenvalue weighted by atomic mass is 9.70. The topological polar surface area (TPSA) is 237 Å². The van der Waals surface area contributed by atoms with Gasteiger partial charge in [-0.2, -0.15) is 0 Å². The third-order valence-electron chi connectivity index (χ3n) is 11.7. The highest BCUT2D eigenvalue weighted by Gasteiger charge is 2.53. The second-order valence-corrected chi connectivity index (χ2v) is 17.8. The van der Waals surface area contributed by atoms with Crippen LogP contribution in [0.15, 0.2) is 48.5 Å². The predicted octanol–water partition coefficient (Wildman–Crippen LogP) is 4.22. The molecule has 2 aromatic rings. The van der Waals surface area contributed by atoms with Crippen molar-refractivity contribution in [2.24, 2.45) is 11.3 Å². The first-order chi connectivity index (χ1) is 31.3. The number of carbonyl (C=O) groups excluding carboxylic acids is 8. The number of hydrogen-bond acceptors (Lipinski definition) is 16. The molecule has 0 radical (unpaired) electrons. The van der Waals surface area contributed by atoms with Gasteiger partial charge < -0.3 is 49.1 Å². The van der Waals surface area contributed by atoms with E-state index in [1.807, 2.05) is 69.3 Å². The van der Waals surface area contributed by atoms with E-state index in [0.29, 0.717) is 32.2 Å². The predicted molar refractivity (Wildman–Crippen MR) is 235 cm³/mol. The Morgan fingerprint density at radius 1 is 0.712 bits per heavy atom. The van der Waals surface area contributed by atoms with Crippen LogP contribution in [0.5, 0.6) is 0 Å². The third kappa shape index (κ3) is 14.1. The van der Waals surface area contributed by atoms with Gasteiger partial charge in [0, 0.05) is 59.0 Å². The fourth-order valence-corrected chi connectivity index (χ4v) is 8.86. The molecule has 1 saturated carbocycles. The van der Waals surface area contributed by atoms with E-state index in [2.05, 4.69) is 16.0 Å². The number of hydrogen-bond donors (Lipinski definition) is 3. The van der Waals surface area contributed by atoms with Crippen molar-refractivity contribution < 1.29 is 71.5 Å². The van der Waals surface area contributed by atoms with E-state index >= 15 is 0 Å². The second-order valence-electron chi connectivity index (χ2n) is 17.8. The van der Waals surface area contributed by atoms with Crippen LogP contribution in [0.2, 0.25) is 0 Å². The van der Waals surface area contributed by atoms with Crippen LogP contribution in [0.1, 0.15) is 104 Å². The Kier molecular flexibility index (Phi) is 18.4. The number of fused-ring (bicyclic) bond motifs is 3. The van der Waals surface area contributed by atoms with E-state index in [4.69, 9.17) is 33.2 Å². The number of unbranched alkanes of at least 4 members (excludes halogenated alkanes) is 1. The average Bonchev–Trinajstić information content (AvgIpc) is 3.55. The van der Waals surface area contributed by atoms with Crippen LogP contribution < -0.4 is 16.0 Å². The Morgan fingerprint density at radius 2 is 1.29 bits per heavy atom. The van der Waals surface area contributed by atoms with E-state index in [-0.39, 0.29) is 61.5 Å². The standard InChI is InChI=1S/C48H63N3O15/c1-27(41-38(56)23-48(6,7)24-39(41)57)49-20-13-12-19-37(51-47(59)62-25-36-34-17-10-8-15-32(34)33-16-9-11-18-35(33)36)45(58)50-21-14-22-60-46-44(65-31(5)55)43(64-30(4)54)42(63-29(3)53)40(66-46)26-61-28(2)52/h8-11,15-18,27,36-37,40-44,46,49H,12-14,19-26H2,1-7H3,(H,50,58)(H,51,59)/t27?,37-,40+,42-,43-,44+,46+/m0/s1. The molecule has 7 atom stereocenters. The highest BCUT2D eigenvalue weighted by molar-refractivity contribution is 6.05. The maximum atomic E-state index is 13.7. The molecule has 2 aliphatic carbocycles. The normalized spacial score (nSPS) is 22.2. The van der Waals surface area contributed by atoms with Gasteiger partial charge in [0.25, 0.3) is 0 Å². The van der Waals surface area contributed by atoms with Crippen LogP contribution >= 0.6 is 0 Å². The van der Waals surface area contributed by atoms with Crippen LogP contribution in [-0.4, -0.2) is 123 Å². The van der Waals surface area contributed by atoms with Gasteiger partial charge in [-0.3, -0.25) is 33.6 Å². The van der Waals surface area contributed by atoms with Gasteiger partial charge in [-0.15, -0.1) is 0 Å². The van der Waals surface area contributed by atoms with Crippen molar-refractivity contribution in [2.75, 3.05) is 32.9 Å². The lowest BCUT2D eigenvalue weighted by Gasteiger charge is -2.44. The zero-order chi connectivity index (χ0) is 48.1. The van der Waals surface area contributed by atoms with E-state index in [1.54, 1.807) is 0 Å². The molecule has 1 saturated heterocycles. The van der Waals surface area contributed by atoms with Crippen molar-refractivity contribution in [3.8, 4) is 11.1 Å². The molecule has 1 aliphatic heterocycles. The molecule has 1 unspecified atom stereocenters. The third-order valence-corrected chi connectivity index (χ3v) is 11.7. The average molecular weight is 922 g/mol. The summed E-state index contributed by atoms with van der Waals surface area (Å²) in [6.07, 6.45) is -5.31. The summed E-state index contributed by atoms with van der Waals surface area (Å²) in [4.78, 5) is 101. The van der Waals surface area contributed by atoms with Gasteiger partial charge in [-0.05, 0) is 66.8 Å². The molecule has 360 valence electrons. The molecule has 0 bridgehead atoms. The van der Waals surface area contributed by atoms with Gasteiger partial charge in [-0.1, -0.05) is 62.4 Å². The second kappa shape index (κ2) is 23.6. The summed E-state index contributed by atoms with van der Waals surface area (Å²) < 4.78 is 39.1. The quantitative estimate of drug-likeness (QED) is 0.0688. The maximum absolute atomic E-state index is 13.7. The molecule has 66 heavy (non-hydrogen) atoms. The van der Waals surface area contributed by atoms with Crippen LogP contribution in [0.3, 0.4) is 0 Å². The summed E-state index contributed by atoms with van der Waals surface area (Å²) >= 11 is 0. The van der Waals surface area contributed by atoms with E-state index in [0.717, 1.165) is 43.0 Å². The van der Waals surface area contributed by atoms with Gasteiger partial charge in [0.1, 0.15) is 36.9 Å². The zero-order valence-electron chi connectivity index (χ0n) is 38.7. The fourth-order valence-electron chi connectivity index (χ4n) is 8.86. The number of nitrogens with one attached hydrogen (secondary N) is 3. The molecular weight excluding hydrogens is 859 g/mol. The van der Waals surface area contributed by atoms with Crippen molar-refractivity contribution in [1.82, 2.24) is 16.0 Å². The monoisotopic (exact) mass is 921 g/mol. The smallest absolute Gasteiger partial charge is 0.407 e. The first kappa shape index (κ1) is 51.3. The largest absolute Gasteiger partial charge is 0.463 e. The molecule has 2 amide bonds. The minimum absolute atomic E-state index is 0.0440. The molecule has 2 aromatic carbocycles. The Bertz CT molecular complexity index is 2020. The van der Waals surface area contributed by atoms with Crippen LogP contribution in [-0.2, 0) is 66.7 Å². The van der Waals surface area contributed by atoms with Crippen molar-refractivity contribution in [2.45, 2.75) is 136 Å². The first-order valence-electron chi connectivity index (χ1n) is 22.4. The van der Waals surface area contributed by atoms with E-state index < -0.39 is 85.2 Å².